The third-order valence-corrected chi connectivity index (χ3v) is 7.18. The van der Waals surface area contributed by atoms with Gasteiger partial charge in [0.1, 0.15) is 13.8 Å². The lowest BCUT2D eigenvalue weighted by molar-refractivity contribution is -0.143. The molecule has 25 heavy (non-hydrogen) atoms. The number of hydrogen-bond acceptors (Lipinski definition) is 3. The average molecular weight is 357 g/mol. The lowest BCUT2D eigenvalue weighted by Crippen LogP contribution is -2.48. The molecule has 0 spiro atoms. The quantitative estimate of drug-likeness (QED) is 0.529. The molecule has 0 heterocycles. The van der Waals surface area contributed by atoms with Gasteiger partial charge >= 0.3 is 5.97 Å². The lowest BCUT2D eigenvalue weighted by atomic mass is 10.1. The zero-order valence-corrected chi connectivity index (χ0v) is 16.7. The van der Waals surface area contributed by atoms with Gasteiger partial charge in [-0.15, -0.1) is 0 Å². The fraction of sp³-hybridized carbons (Fsp3) is 0.381. The van der Waals surface area contributed by atoms with E-state index in [1.54, 1.807) is 0 Å². The van der Waals surface area contributed by atoms with Gasteiger partial charge in [-0.2, -0.15) is 0 Å². The fourth-order valence-electron chi connectivity index (χ4n) is 2.94. The molecule has 0 radical (unpaired) electrons. The Kier molecular flexibility index (Phi) is 6.82. The minimum Gasteiger partial charge on any atom is -0.497 e. The molecule has 0 saturated carbocycles. The molecule has 2 aromatic rings. The zero-order valence-electron chi connectivity index (χ0n) is 15.7. The number of carbonyl (C=O) groups excluding carboxylic acids is 1. The summed E-state index contributed by atoms with van der Waals surface area (Å²) in [7, 11) is -1.67. The second-order valence-electron chi connectivity index (χ2n) is 6.94. The summed E-state index contributed by atoms with van der Waals surface area (Å²) in [5, 5.41) is 1.44. The largest absolute Gasteiger partial charge is 0.497 e. The van der Waals surface area contributed by atoms with Crippen molar-refractivity contribution in [1.82, 2.24) is 0 Å². The Balaban J connectivity index is 1.98. The number of benzene rings is 2. The van der Waals surface area contributed by atoms with E-state index in [1.165, 1.54) is 10.8 Å². The molecular weight excluding hydrogens is 328 g/mol. The number of esters is 1. The van der Waals surface area contributed by atoms with Crippen molar-refractivity contribution < 1.29 is 14.3 Å². The maximum absolute atomic E-state index is 11.5. The average Bonchev–Trinajstić information content (AvgIpc) is 2.59. The van der Waals surface area contributed by atoms with Gasteiger partial charge in [-0.25, -0.2) is 0 Å². The number of rotatable bonds is 8. The number of aryl methyl sites for hydroxylation is 2. The van der Waals surface area contributed by atoms with E-state index in [-0.39, 0.29) is 5.97 Å². The molecule has 0 aliphatic heterocycles. The fourth-order valence-corrected chi connectivity index (χ4v) is 5.33. The first-order valence-electron chi connectivity index (χ1n) is 8.86. The highest BCUT2D eigenvalue weighted by Gasteiger charge is 2.26. The van der Waals surface area contributed by atoms with Crippen LogP contribution in [-0.2, 0) is 16.0 Å². The minimum absolute atomic E-state index is 0.151. The standard InChI is InChI=1S/C21H28O3Si/c1-5-23-21(22)14-13-18-10-8-11-19(15-18)24-16-25(3,4)20-12-7-6-9-17(20)2/h6-12,15H,5,13-14,16H2,1-4H3. The summed E-state index contributed by atoms with van der Waals surface area (Å²) in [6.45, 7) is 9.09. The molecule has 0 fully saturated rings. The summed E-state index contributed by atoms with van der Waals surface area (Å²) in [5.74, 6) is 0.720. The van der Waals surface area contributed by atoms with Gasteiger partial charge < -0.3 is 9.47 Å². The Bertz CT molecular complexity index is 710. The Labute approximate surface area is 152 Å². The predicted molar refractivity (Wildman–Crippen MR) is 105 cm³/mol. The minimum atomic E-state index is -1.67. The Hall–Kier alpha value is -2.07. The first-order chi connectivity index (χ1) is 11.9. The van der Waals surface area contributed by atoms with Crippen LogP contribution in [0.3, 0.4) is 0 Å². The predicted octanol–water partition coefficient (Wildman–Crippen LogP) is 4.02. The van der Waals surface area contributed by atoms with E-state index in [0.717, 1.165) is 17.5 Å². The maximum Gasteiger partial charge on any atom is 0.306 e. The maximum atomic E-state index is 11.5. The van der Waals surface area contributed by atoms with Crippen LogP contribution >= 0.6 is 0 Å². The second kappa shape index (κ2) is 8.86. The molecule has 2 aromatic carbocycles. The lowest BCUT2D eigenvalue weighted by Gasteiger charge is -2.25. The smallest absolute Gasteiger partial charge is 0.306 e. The van der Waals surface area contributed by atoms with Crippen molar-refractivity contribution in [1.29, 1.82) is 0 Å². The molecule has 0 aliphatic carbocycles. The van der Waals surface area contributed by atoms with Gasteiger partial charge in [0, 0.05) is 6.42 Å². The normalized spacial score (nSPS) is 11.2. The highest BCUT2D eigenvalue weighted by molar-refractivity contribution is 6.90. The molecule has 0 aliphatic rings. The third-order valence-electron chi connectivity index (χ3n) is 4.30. The summed E-state index contributed by atoms with van der Waals surface area (Å²) < 4.78 is 11.1. The van der Waals surface area contributed by atoms with Crippen molar-refractivity contribution in [2.45, 2.75) is 39.8 Å². The Morgan fingerprint density at radius 1 is 1.08 bits per heavy atom. The summed E-state index contributed by atoms with van der Waals surface area (Å²) in [6, 6.07) is 16.6. The molecule has 0 amide bonds. The number of hydrogen-bond donors (Lipinski definition) is 0. The Morgan fingerprint density at radius 3 is 2.56 bits per heavy atom. The Morgan fingerprint density at radius 2 is 1.84 bits per heavy atom. The first kappa shape index (κ1) is 19.3. The van der Waals surface area contributed by atoms with E-state index in [9.17, 15) is 4.79 Å². The van der Waals surface area contributed by atoms with Crippen molar-refractivity contribution in [2.24, 2.45) is 0 Å². The van der Waals surface area contributed by atoms with Crippen LogP contribution in [0.1, 0.15) is 24.5 Å². The molecule has 0 bridgehead atoms. The number of ether oxygens (including phenoxy) is 2. The van der Waals surface area contributed by atoms with Gasteiger partial charge in [0.2, 0.25) is 0 Å². The van der Waals surface area contributed by atoms with E-state index in [0.29, 0.717) is 19.4 Å². The van der Waals surface area contributed by atoms with Crippen LogP contribution in [0.5, 0.6) is 5.75 Å². The number of carbonyl (C=O) groups is 1. The van der Waals surface area contributed by atoms with E-state index < -0.39 is 8.07 Å². The molecule has 0 N–H and O–H groups in total. The van der Waals surface area contributed by atoms with Gasteiger partial charge in [-0.1, -0.05) is 60.2 Å². The molecule has 134 valence electrons. The summed E-state index contributed by atoms with van der Waals surface area (Å²) in [5.41, 5.74) is 2.44. The van der Waals surface area contributed by atoms with Crippen molar-refractivity contribution in [3.8, 4) is 5.75 Å². The summed E-state index contributed by atoms with van der Waals surface area (Å²) >= 11 is 0. The first-order valence-corrected chi connectivity index (χ1v) is 12.1. The van der Waals surface area contributed by atoms with E-state index >= 15 is 0 Å². The molecule has 0 unspecified atom stereocenters. The SMILES string of the molecule is CCOC(=O)CCc1cccc(OC[Si](C)(C)c2ccccc2C)c1. The summed E-state index contributed by atoms with van der Waals surface area (Å²) in [6.07, 6.45) is 1.81. The van der Waals surface area contributed by atoms with E-state index in [2.05, 4.69) is 44.3 Å². The van der Waals surface area contributed by atoms with Crippen molar-refractivity contribution in [3.63, 3.8) is 0 Å². The van der Waals surface area contributed by atoms with E-state index in [4.69, 9.17) is 9.47 Å². The topological polar surface area (TPSA) is 35.5 Å². The van der Waals surface area contributed by atoms with Crippen LogP contribution in [0.15, 0.2) is 48.5 Å². The zero-order chi connectivity index (χ0) is 18.3. The molecule has 0 atom stereocenters. The van der Waals surface area contributed by atoms with Crippen LogP contribution in [0.25, 0.3) is 0 Å². The van der Waals surface area contributed by atoms with Crippen LogP contribution in [0.4, 0.5) is 0 Å². The van der Waals surface area contributed by atoms with Gasteiger partial charge in [-0.05, 0) is 38.0 Å². The van der Waals surface area contributed by atoms with Crippen LogP contribution in [0, 0.1) is 6.92 Å². The van der Waals surface area contributed by atoms with Gasteiger partial charge in [0.25, 0.3) is 0 Å². The van der Waals surface area contributed by atoms with Crippen LogP contribution < -0.4 is 9.92 Å². The molecule has 3 nitrogen and oxygen atoms in total. The van der Waals surface area contributed by atoms with Crippen molar-refractivity contribution in [2.75, 3.05) is 12.8 Å². The highest BCUT2D eigenvalue weighted by Crippen LogP contribution is 2.17. The second-order valence-corrected chi connectivity index (χ2v) is 11.5. The molecule has 2 rings (SSSR count). The van der Waals surface area contributed by atoms with Crippen molar-refractivity contribution in [3.05, 3.63) is 59.7 Å². The third kappa shape index (κ3) is 5.75. The van der Waals surface area contributed by atoms with Gasteiger partial charge in [0.05, 0.1) is 12.8 Å². The molecule has 4 heteroatoms. The van der Waals surface area contributed by atoms with E-state index in [1.807, 2.05) is 31.2 Å². The summed E-state index contributed by atoms with van der Waals surface area (Å²) in [4.78, 5) is 11.5. The molecular formula is C21H28O3Si. The highest BCUT2D eigenvalue weighted by atomic mass is 28.3. The monoisotopic (exact) mass is 356 g/mol. The van der Waals surface area contributed by atoms with Crippen LogP contribution in [-0.4, -0.2) is 26.9 Å². The van der Waals surface area contributed by atoms with Gasteiger partial charge in [0.15, 0.2) is 0 Å². The van der Waals surface area contributed by atoms with Gasteiger partial charge in [-0.3, -0.25) is 4.79 Å². The molecule has 0 aromatic heterocycles. The van der Waals surface area contributed by atoms with Crippen LogP contribution in [0.2, 0.25) is 13.1 Å². The molecule has 0 saturated heterocycles. The van der Waals surface area contributed by atoms with Crippen molar-refractivity contribution >= 4 is 19.2 Å².